The lowest BCUT2D eigenvalue weighted by Crippen LogP contribution is -2.21. The maximum absolute atomic E-state index is 9.33. The molecule has 2 heteroatoms. The number of benzene rings is 1. The SMILES string of the molecule is OC1CNC(CCc2ccccc2)C1. The van der Waals surface area contributed by atoms with Crippen LogP contribution in [0.2, 0.25) is 0 Å². The molecular weight excluding hydrogens is 174 g/mol. The standard InChI is InChI=1S/C12H17NO/c14-12-8-11(13-9-12)7-6-10-4-2-1-3-5-10/h1-5,11-14H,6-9H2. The van der Waals surface area contributed by atoms with Crippen LogP contribution in [0.15, 0.2) is 30.3 Å². The summed E-state index contributed by atoms with van der Waals surface area (Å²) in [6.45, 7) is 0.763. The molecule has 0 aromatic heterocycles. The molecular formula is C12H17NO. The minimum atomic E-state index is -0.129. The summed E-state index contributed by atoms with van der Waals surface area (Å²) in [4.78, 5) is 0. The number of hydrogen-bond donors (Lipinski definition) is 2. The zero-order chi connectivity index (χ0) is 9.80. The van der Waals surface area contributed by atoms with E-state index in [1.807, 2.05) is 6.07 Å². The topological polar surface area (TPSA) is 32.3 Å². The third-order valence-electron chi connectivity index (χ3n) is 2.82. The van der Waals surface area contributed by atoms with Gasteiger partial charge in [-0.1, -0.05) is 30.3 Å². The lowest BCUT2D eigenvalue weighted by molar-refractivity contribution is 0.193. The molecule has 0 amide bonds. The normalized spacial score (nSPS) is 26.6. The van der Waals surface area contributed by atoms with Crippen LogP contribution in [0.3, 0.4) is 0 Å². The minimum Gasteiger partial charge on any atom is -0.392 e. The molecule has 14 heavy (non-hydrogen) atoms. The minimum absolute atomic E-state index is 0.129. The van der Waals surface area contributed by atoms with Crippen molar-refractivity contribution in [2.75, 3.05) is 6.54 Å². The molecule has 1 saturated heterocycles. The van der Waals surface area contributed by atoms with Crippen LogP contribution >= 0.6 is 0 Å². The van der Waals surface area contributed by atoms with Crippen LogP contribution in [-0.2, 0) is 6.42 Å². The molecule has 0 radical (unpaired) electrons. The molecule has 1 aliphatic heterocycles. The van der Waals surface area contributed by atoms with Crippen molar-refractivity contribution in [2.45, 2.75) is 31.4 Å². The molecule has 0 saturated carbocycles. The zero-order valence-electron chi connectivity index (χ0n) is 8.32. The summed E-state index contributed by atoms with van der Waals surface area (Å²) < 4.78 is 0. The van der Waals surface area contributed by atoms with Crippen molar-refractivity contribution < 1.29 is 5.11 Å². The number of rotatable bonds is 3. The van der Waals surface area contributed by atoms with Crippen LogP contribution in [0.1, 0.15) is 18.4 Å². The number of nitrogens with one attached hydrogen (secondary N) is 1. The van der Waals surface area contributed by atoms with Gasteiger partial charge in [-0.25, -0.2) is 0 Å². The van der Waals surface area contributed by atoms with Crippen molar-refractivity contribution >= 4 is 0 Å². The second-order valence-corrected chi connectivity index (χ2v) is 4.02. The van der Waals surface area contributed by atoms with Crippen molar-refractivity contribution in [1.29, 1.82) is 0 Å². The van der Waals surface area contributed by atoms with Gasteiger partial charge in [0.2, 0.25) is 0 Å². The van der Waals surface area contributed by atoms with Gasteiger partial charge in [-0.2, -0.15) is 0 Å². The van der Waals surface area contributed by atoms with Gasteiger partial charge in [-0.05, 0) is 24.8 Å². The van der Waals surface area contributed by atoms with Gasteiger partial charge >= 0.3 is 0 Å². The van der Waals surface area contributed by atoms with Crippen molar-refractivity contribution in [1.82, 2.24) is 5.32 Å². The van der Waals surface area contributed by atoms with Gasteiger partial charge in [-0.15, -0.1) is 0 Å². The van der Waals surface area contributed by atoms with E-state index in [1.165, 1.54) is 5.56 Å². The maximum Gasteiger partial charge on any atom is 0.0679 e. The van der Waals surface area contributed by atoms with Gasteiger partial charge in [0, 0.05) is 12.6 Å². The smallest absolute Gasteiger partial charge is 0.0679 e. The van der Waals surface area contributed by atoms with E-state index in [2.05, 4.69) is 29.6 Å². The Morgan fingerprint density at radius 2 is 2.07 bits per heavy atom. The highest BCUT2D eigenvalue weighted by molar-refractivity contribution is 5.14. The molecule has 0 spiro atoms. The monoisotopic (exact) mass is 191 g/mol. The summed E-state index contributed by atoms with van der Waals surface area (Å²) in [5, 5.41) is 12.7. The van der Waals surface area contributed by atoms with Gasteiger partial charge in [0.1, 0.15) is 0 Å². The highest BCUT2D eigenvalue weighted by atomic mass is 16.3. The van der Waals surface area contributed by atoms with Crippen molar-refractivity contribution in [3.05, 3.63) is 35.9 Å². The van der Waals surface area contributed by atoms with E-state index < -0.39 is 0 Å². The van der Waals surface area contributed by atoms with E-state index in [-0.39, 0.29) is 6.10 Å². The van der Waals surface area contributed by atoms with E-state index in [0.29, 0.717) is 6.04 Å². The van der Waals surface area contributed by atoms with Crippen LogP contribution in [0.5, 0.6) is 0 Å². The summed E-state index contributed by atoms with van der Waals surface area (Å²) in [5.74, 6) is 0. The van der Waals surface area contributed by atoms with Crippen LogP contribution in [0.25, 0.3) is 0 Å². The molecule has 1 aromatic carbocycles. The first-order chi connectivity index (χ1) is 6.84. The Labute approximate surface area is 85.0 Å². The van der Waals surface area contributed by atoms with Gasteiger partial charge in [0.25, 0.3) is 0 Å². The molecule has 0 aliphatic carbocycles. The first kappa shape index (κ1) is 9.69. The number of aliphatic hydroxyl groups excluding tert-OH is 1. The number of aryl methyl sites for hydroxylation is 1. The Balaban J connectivity index is 1.78. The third kappa shape index (κ3) is 2.56. The summed E-state index contributed by atoms with van der Waals surface area (Å²) in [5.41, 5.74) is 1.38. The second kappa shape index (κ2) is 4.58. The third-order valence-corrected chi connectivity index (χ3v) is 2.82. The van der Waals surface area contributed by atoms with E-state index in [1.54, 1.807) is 0 Å². The molecule has 2 unspecified atom stereocenters. The van der Waals surface area contributed by atoms with Crippen LogP contribution in [0.4, 0.5) is 0 Å². The van der Waals surface area contributed by atoms with Crippen molar-refractivity contribution in [3.63, 3.8) is 0 Å². The first-order valence-electron chi connectivity index (χ1n) is 5.30. The molecule has 1 fully saturated rings. The fourth-order valence-electron chi connectivity index (χ4n) is 2.00. The summed E-state index contributed by atoms with van der Waals surface area (Å²) in [6.07, 6.45) is 3.01. The van der Waals surface area contributed by atoms with Crippen LogP contribution in [0, 0.1) is 0 Å². The molecule has 2 rings (SSSR count). The molecule has 1 aliphatic rings. The highest BCUT2D eigenvalue weighted by Crippen LogP contribution is 2.13. The molecule has 2 atom stereocenters. The Bertz CT molecular complexity index is 273. The lowest BCUT2D eigenvalue weighted by atomic mass is 10.0. The number of aliphatic hydroxyl groups is 1. The number of β-amino-alcohol motifs (C(OH)–C–C–N with tert-alkyl or cyclic N) is 1. The summed E-state index contributed by atoms with van der Waals surface area (Å²) in [6, 6.07) is 11.0. The summed E-state index contributed by atoms with van der Waals surface area (Å²) >= 11 is 0. The Kier molecular flexibility index (Phi) is 3.17. The van der Waals surface area contributed by atoms with Crippen molar-refractivity contribution in [3.8, 4) is 0 Å². The molecule has 0 bridgehead atoms. The molecule has 76 valence electrons. The Morgan fingerprint density at radius 3 is 2.71 bits per heavy atom. The van der Waals surface area contributed by atoms with E-state index >= 15 is 0 Å². The Hall–Kier alpha value is -0.860. The predicted octanol–water partition coefficient (Wildman–Crippen LogP) is 1.34. The largest absolute Gasteiger partial charge is 0.392 e. The molecule has 1 aromatic rings. The quantitative estimate of drug-likeness (QED) is 0.755. The van der Waals surface area contributed by atoms with Crippen LogP contribution < -0.4 is 5.32 Å². The maximum atomic E-state index is 9.33. The average molecular weight is 191 g/mol. The predicted molar refractivity (Wildman–Crippen MR) is 57.2 cm³/mol. The molecule has 1 heterocycles. The number of hydrogen-bond acceptors (Lipinski definition) is 2. The first-order valence-corrected chi connectivity index (χ1v) is 5.30. The Morgan fingerprint density at radius 1 is 1.29 bits per heavy atom. The second-order valence-electron chi connectivity index (χ2n) is 4.02. The van der Waals surface area contributed by atoms with E-state index in [4.69, 9.17) is 0 Å². The highest BCUT2D eigenvalue weighted by Gasteiger charge is 2.21. The zero-order valence-corrected chi connectivity index (χ0v) is 8.32. The fourth-order valence-corrected chi connectivity index (χ4v) is 2.00. The van der Waals surface area contributed by atoms with Gasteiger partial charge in [-0.3, -0.25) is 0 Å². The van der Waals surface area contributed by atoms with Gasteiger partial charge < -0.3 is 10.4 Å². The van der Waals surface area contributed by atoms with E-state index in [0.717, 1.165) is 25.8 Å². The molecule has 2 N–H and O–H groups in total. The average Bonchev–Trinajstić information content (AvgIpc) is 2.63. The van der Waals surface area contributed by atoms with Crippen molar-refractivity contribution in [2.24, 2.45) is 0 Å². The summed E-state index contributed by atoms with van der Waals surface area (Å²) in [7, 11) is 0. The van der Waals surface area contributed by atoms with Crippen LogP contribution in [-0.4, -0.2) is 23.8 Å². The lowest BCUT2D eigenvalue weighted by Gasteiger charge is -2.09. The fraction of sp³-hybridized carbons (Fsp3) is 0.500. The van der Waals surface area contributed by atoms with Gasteiger partial charge in [0.05, 0.1) is 6.10 Å². The van der Waals surface area contributed by atoms with Gasteiger partial charge in [0.15, 0.2) is 0 Å². The molecule has 2 nitrogen and oxygen atoms in total. The van der Waals surface area contributed by atoms with E-state index in [9.17, 15) is 5.11 Å².